The molecule has 0 saturated heterocycles. The molecule has 1 aliphatic heterocycles. The first-order valence-electron chi connectivity index (χ1n) is 12.3. The van der Waals surface area contributed by atoms with Gasteiger partial charge in [-0.3, -0.25) is 19.5 Å². The van der Waals surface area contributed by atoms with Crippen LogP contribution in [0.5, 0.6) is 17.2 Å². The van der Waals surface area contributed by atoms with E-state index in [1.54, 1.807) is 32.0 Å². The topological polar surface area (TPSA) is 131 Å². The molecule has 0 fully saturated rings. The third kappa shape index (κ3) is 5.81. The molecule has 214 valence electrons. The summed E-state index contributed by atoms with van der Waals surface area (Å²) in [6.45, 7) is 7.26. The molecule has 4 rings (SSSR count). The number of halogens is 1. The van der Waals surface area contributed by atoms with Crippen LogP contribution in [0.2, 0.25) is 0 Å². The number of benzene rings is 2. The molecule has 0 bridgehead atoms. The average molecular weight is 645 g/mol. The number of hydrogen-bond acceptors (Lipinski definition) is 10. The van der Waals surface area contributed by atoms with Crippen molar-refractivity contribution in [1.29, 1.82) is 0 Å². The van der Waals surface area contributed by atoms with Crippen LogP contribution in [0.1, 0.15) is 31.0 Å². The molecular formula is C28H26BrN3O8S. The highest BCUT2D eigenvalue weighted by molar-refractivity contribution is 9.10. The lowest BCUT2D eigenvalue weighted by atomic mass is 9.96. The number of allylic oxidation sites excluding steroid dienone is 1. The molecule has 0 N–H and O–H groups in total. The first kappa shape index (κ1) is 29.7. The minimum absolute atomic E-state index is 0.102. The monoisotopic (exact) mass is 643 g/mol. The van der Waals surface area contributed by atoms with E-state index in [0.717, 1.165) is 11.3 Å². The lowest BCUT2D eigenvalue weighted by Crippen LogP contribution is -2.40. The fourth-order valence-electron chi connectivity index (χ4n) is 4.37. The third-order valence-electron chi connectivity index (χ3n) is 6.14. The second kappa shape index (κ2) is 12.5. The van der Waals surface area contributed by atoms with Crippen LogP contribution in [0, 0.1) is 10.1 Å². The van der Waals surface area contributed by atoms with Crippen molar-refractivity contribution in [1.82, 2.24) is 4.57 Å². The van der Waals surface area contributed by atoms with Crippen LogP contribution < -0.4 is 29.1 Å². The Bertz CT molecular complexity index is 1760. The number of ether oxygens (including phenoxy) is 4. The zero-order chi connectivity index (χ0) is 29.8. The molecule has 0 saturated carbocycles. The van der Waals surface area contributed by atoms with Crippen molar-refractivity contribution in [3.05, 3.63) is 99.7 Å². The Morgan fingerprint density at radius 2 is 1.98 bits per heavy atom. The Balaban J connectivity index is 2.01. The van der Waals surface area contributed by atoms with Crippen molar-refractivity contribution >= 4 is 45.0 Å². The summed E-state index contributed by atoms with van der Waals surface area (Å²) in [6, 6.07) is 6.94. The van der Waals surface area contributed by atoms with Crippen molar-refractivity contribution in [2.24, 2.45) is 4.99 Å². The average Bonchev–Trinajstić information content (AvgIpc) is 3.24. The van der Waals surface area contributed by atoms with Gasteiger partial charge in [0, 0.05) is 11.6 Å². The number of fused-ring (bicyclic) bond motifs is 1. The van der Waals surface area contributed by atoms with Gasteiger partial charge in [0.2, 0.25) is 0 Å². The number of nitro groups is 1. The van der Waals surface area contributed by atoms with Crippen molar-refractivity contribution in [2.75, 3.05) is 27.4 Å². The number of methoxy groups -OCH3 is 2. The molecule has 0 aliphatic carbocycles. The smallest absolute Gasteiger partial charge is 0.338 e. The highest BCUT2D eigenvalue weighted by Crippen LogP contribution is 2.37. The van der Waals surface area contributed by atoms with E-state index in [1.165, 1.54) is 43.1 Å². The quantitative estimate of drug-likeness (QED) is 0.140. The second-order valence-electron chi connectivity index (χ2n) is 8.62. The second-order valence-corrected chi connectivity index (χ2v) is 10.5. The summed E-state index contributed by atoms with van der Waals surface area (Å²) < 4.78 is 24.1. The van der Waals surface area contributed by atoms with E-state index < -0.39 is 22.5 Å². The van der Waals surface area contributed by atoms with Crippen molar-refractivity contribution in [3.8, 4) is 17.2 Å². The number of carbonyl (C=O) groups excluding carboxylic acids is 1. The summed E-state index contributed by atoms with van der Waals surface area (Å²) in [7, 11) is 2.90. The molecule has 0 unspecified atom stereocenters. The summed E-state index contributed by atoms with van der Waals surface area (Å²) in [5.41, 5.74) is 0.798. The molecule has 41 heavy (non-hydrogen) atoms. The number of aromatic nitrogens is 1. The third-order valence-corrected chi connectivity index (χ3v) is 7.74. The highest BCUT2D eigenvalue weighted by Gasteiger charge is 2.34. The molecule has 0 amide bonds. The fraction of sp³-hybridized carbons (Fsp3) is 0.250. The van der Waals surface area contributed by atoms with E-state index >= 15 is 0 Å². The van der Waals surface area contributed by atoms with E-state index in [2.05, 4.69) is 27.5 Å². The Hall–Kier alpha value is -4.23. The molecule has 0 spiro atoms. The molecule has 2 heterocycles. The maximum atomic E-state index is 14.0. The van der Waals surface area contributed by atoms with E-state index in [1.807, 2.05) is 0 Å². The van der Waals surface area contributed by atoms with Crippen LogP contribution in [-0.4, -0.2) is 42.9 Å². The first-order valence-corrected chi connectivity index (χ1v) is 13.9. The van der Waals surface area contributed by atoms with Gasteiger partial charge in [-0.25, -0.2) is 9.79 Å². The van der Waals surface area contributed by atoms with Crippen LogP contribution in [0.4, 0.5) is 5.69 Å². The predicted octanol–water partition coefficient (Wildman–Crippen LogP) is 4.05. The minimum Gasteiger partial charge on any atom is -0.496 e. The van der Waals surface area contributed by atoms with Crippen LogP contribution in [-0.2, 0) is 9.53 Å². The van der Waals surface area contributed by atoms with Gasteiger partial charge in [0.05, 0.1) is 58.1 Å². The normalized spacial score (nSPS) is 14.7. The predicted molar refractivity (Wildman–Crippen MR) is 156 cm³/mol. The van der Waals surface area contributed by atoms with Gasteiger partial charge in [-0.15, -0.1) is 0 Å². The molecule has 1 aromatic heterocycles. The summed E-state index contributed by atoms with van der Waals surface area (Å²) >= 11 is 4.56. The molecule has 2 aromatic carbocycles. The van der Waals surface area contributed by atoms with E-state index in [4.69, 9.17) is 18.9 Å². The minimum atomic E-state index is -0.856. The van der Waals surface area contributed by atoms with E-state index in [9.17, 15) is 19.7 Å². The van der Waals surface area contributed by atoms with E-state index in [0.29, 0.717) is 26.3 Å². The van der Waals surface area contributed by atoms with Gasteiger partial charge in [-0.1, -0.05) is 30.1 Å². The van der Waals surface area contributed by atoms with Gasteiger partial charge >= 0.3 is 5.97 Å². The molecule has 11 nitrogen and oxygen atoms in total. The number of nitro benzene ring substituents is 1. The lowest BCUT2D eigenvalue weighted by Gasteiger charge is -2.25. The van der Waals surface area contributed by atoms with Crippen molar-refractivity contribution in [2.45, 2.75) is 19.9 Å². The summed E-state index contributed by atoms with van der Waals surface area (Å²) in [5, 5.41) is 11.6. The van der Waals surface area contributed by atoms with Gasteiger partial charge in [0.1, 0.15) is 12.4 Å². The molecule has 1 aliphatic rings. The lowest BCUT2D eigenvalue weighted by molar-refractivity contribution is -0.385. The Labute approximate surface area is 246 Å². The largest absolute Gasteiger partial charge is 0.496 e. The first-order chi connectivity index (χ1) is 19.6. The number of hydrogen-bond donors (Lipinski definition) is 0. The zero-order valence-electron chi connectivity index (χ0n) is 22.6. The molecular weight excluding hydrogens is 618 g/mol. The SMILES string of the molecule is C=CCOc1c(/C=c2\sc3n(c2=O)[C@H](c2ccc(OC)c(Br)c2)C(C(=O)OCC)=C(C)N=3)cc([N+](=O)[O-])cc1OC. The highest BCUT2D eigenvalue weighted by atomic mass is 79.9. The van der Waals surface area contributed by atoms with Crippen LogP contribution >= 0.6 is 27.3 Å². The Morgan fingerprint density at radius 3 is 2.59 bits per heavy atom. The molecule has 13 heteroatoms. The number of rotatable bonds is 10. The van der Waals surface area contributed by atoms with Crippen LogP contribution in [0.25, 0.3) is 6.08 Å². The standard InChI is InChI=1S/C28H26BrN3O8S/c1-6-10-40-25-17(11-18(32(35)36)14-21(25)38-5)13-22-26(33)31-24(16-8-9-20(37-4)19(29)12-16)23(27(34)39-7-2)15(3)30-28(31)41-22/h6,8-9,11-14,24H,1,7,10H2,2-5H3/b22-13-/t24-/m1/s1. The van der Waals surface area contributed by atoms with Gasteiger partial charge in [0.15, 0.2) is 16.3 Å². The van der Waals surface area contributed by atoms with Crippen LogP contribution in [0.3, 0.4) is 0 Å². The van der Waals surface area contributed by atoms with Gasteiger partial charge in [-0.05, 0) is 53.5 Å². The maximum absolute atomic E-state index is 14.0. The van der Waals surface area contributed by atoms with E-state index in [-0.39, 0.29) is 46.1 Å². The fourth-order valence-corrected chi connectivity index (χ4v) is 5.97. The van der Waals surface area contributed by atoms with Crippen LogP contribution in [0.15, 0.2) is 68.5 Å². The number of esters is 1. The zero-order valence-corrected chi connectivity index (χ0v) is 25.0. The molecule has 1 atom stereocenters. The number of nitrogens with zero attached hydrogens (tertiary/aromatic N) is 3. The maximum Gasteiger partial charge on any atom is 0.338 e. The van der Waals surface area contributed by atoms with Gasteiger partial charge in [0.25, 0.3) is 11.2 Å². The Kier molecular flexibility index (Phi) is 9.08. The summed E-state index contributed by atoms with van der Waals surface area (Å²) in [6.07, 6.45) is 3.01. The van der Waals surface area contributed by atoms with Crippen molar-refractivity contribution in [3.63, 3.8) is 0 Å². The number of thiazole rings is 1. The number of non-ortho nitro benzene ring substituents is 1. The number of carbonyl (C=O) groups is 1. The summed E-state index contributed by atoms with van der Waals surface area (Å²) in [4.78, 5) is 43.1. The molecule has 0 radical (unpaired) electrons. The molecule has 3 aromatic rings. The summed E-state index contributed by atoms with van der Waals surface area (Å²) in [5.74, 6) is 0.319. The van der Waals surface area contributed by atoms with Crippen molar-refractivity contribution < 1.29 is 28.7 Å². The van der Waals surface area contributed by atoms with Gasteiger partial charge < -0.3 is 18.9 Å². The van der Waals surface area contributed by atoms with Gasteiger partial charge in [-0.2, -0.15) is 0 Å². The Morgan fingerprint density at radius 1 is 1.24 bits per heavy atom.